The number of anilines is 2. The molecule has 2 aromatic carbocycles. The van der Waals surface area contributed by atoms with Crippen LogP contribution in [-0.2, 0) is 28.1 Å². The van der Waals surface area contributed by atoms with E-state index in [0.29, 0.717) is 33.2 Å². The smallest absolute Gasteiger partial charge is 0.310 e. The van der Waals surface area contributed by atoms with Gasteiger partial charge in [0.1, 0.15) is 34.4 Å². The Kier molecular flexibility index (Phi) is 6.29. The number of aliphatic carboxylic acids is 1. The second kappa shape index (κ2) is 9.68. The summed E-state index contributed by atoms with van der Waals surface area (Å²) in [7, 11) is 0. The third-order valence-electron chi connectivity index (χ3n) is 7.99. The zero-order chi connectivity index (χ0) is 30.8. The molecule has 0 saturated heterocycles. The number of carboxylic acids is 1. The van der Waals surface area contributed by atoms with E-state index in [1.165, 1.54) is 27.7 Å². The minimum atomic E-state index is -1.31. The van der Waals surface area contributed by atoms with E-state index < -0.39 is 28.5 Å². The zero-order valence-corrected chi connectivity index (χ0v) is 23.8. The average molecular weight is 587 g/mol. The van der Waals surface area contributed by atoms with Crippen molar-refractivity contribution in [3.8, 4) is 11.5 Å². The number of hydrogen-bond donors (Lipinski definition) is 3. The van der Waals surface area contributed by atoms with E-state index in [1.807, 2.05) is 0 Å². The molecule has 4 N–H and O–H groups in total. The SMILES string of the molecule is Cc1cccc(Cn2nc(-c3nc(N)c4c(n3)NC(=O)C4(C)c3cnn(CC(C)(C)C(=O)O)c3)c3ccc(F)cc32)c1F. The third kappa shape index (κ3) is 4.47. The minimum Gasteiger partial charge on any atom is -0.481 e. The number of benzene rings is 2. The van der Waals surface area contributed by atoms with Gasteiger partial charge < -0.3 is 16.2 Å². The van der Waals surface area contributed by atoms with Crippen molar-refractivity contribution in [3.05, 3.63) is 82.7 Å². The minimum absolute atomic E-state index is 0.0222. The molecule has 0 aliphatic carbocycles. The number of aryl methyl sites for hydroxylation is 1. The van der Waals surface area contributed by atoms with Crippen molar-refractivity contribution in [1.82, 2.24) is 29.5 Å². The predicted octanol–water partition coefficient (Wildman–Crippen LogP) is 4.28. The first kappa shape index (κ1) is 27.9. The molecule has 43 heavy (non-hydrogen) atoms. The van der Waals surface area contributed by atoms with E-state index in [4.69, 9.17) is 5.73 Å². The number of carbonyl (C=O) groups is 2. The topological polar surface area (TPSA) is 154 Å². The number of carboxylic acid groups (broad SMARTS) is 1. The molecule has 13 heteroatoms. The molecule has 0 radical (unpaired) electrons. The van der Waals surface area contributed by atoms with Gasteiger partial charge in [-0.3, -0.25) is 19.0 Å². The Labute approximate surface area is 244 Å². The molecule has 11 nitrogen and oxygen atoms in total. The van der Waals surface area contributed by atoms with Gasteiger partial charge in [-0.2, -0.15) is 10.2 Å². The fourth-order valence-corrected chi connectivity index (χ4v) is 5.39. The largest absolute Gasteiger partial charge is 0.481 e. The van der Waals surface area contributed by atoms with Gasteiger partial charge in [0.05, 0.1) is 35.8 Å². The third-order valence-corrected chi connectivity index (χ3v) is 7.99. The summed E-state index contributed by atoms with van der Waals surface area (Å²) in [5.74, 6) is -1.96. The van der Waals surface area contributed by atoms with Crippen LogP contribution in [-0.4, -0.2) is 46.5 Å². The second-order valence-electron chi connectivity index (χ2n) is 11.6. The summed E-state index contributed by atoms with van der Waals surface area (Å²) in [4.78, 5) is 34.1. The summed E-state index contributed by atoms with van der Waals surface area (Å²) in [6.45, 7) is 6.61. The van der Waals surface area contributed by atoms with Crippen LogP contribution in [0, 0.1) is 24.0 Å². The number of nitrogens with two attached hydrogens (primary N) is 1. The van der Waals surface area contributed by atoms with Gasteiger partial charge in [0.25, 0.3) is 0 Å². The fraction of sp³-hybridized carbons (Fsp3) is 0.267. The molecule has 0 saturated carbocycles. The lowest BCUT2D eigenvalue weighted by molar-refractivity contribution is -0.147. The summed E-state index contributed by atoms with van der Waals surface area (Å²) in [6, 6.07) is 9.17. The predicted molar refractivity (Wildman–Crippen MR) is 154 cm³/mol. The lowest BCUT2D eigenvalue weighted by Crippen LogP contribution is -2.33. The second-order valence-corrected chi connectivity index (χ2v) is 11.6. The summed E-state index contributed by atoms with van der Waals surface area (Å²) >= 11 is 0. The van der Waals surface area contributed by atoms with Gasteiger partial charge in [0.15, 0.2) is 5.82 Å². The molecule has 1 aliphatic rings. The van der Waals surface area contributed by atoms with E-state index in [-0.39, 0.29) is 42.1 Å². The van der Waals surface area contributed by atoms with Gasteiger partial charge in [-0.05, 0) is 51.5 Å². The van der Waals surface area contributed by atoms with Crippen molar-refractivity contribution < 1.29 is 23.5 Å². The summed E-state index contributed by atoms with van der Waals surface area (Å²) in [6.07, 6.45) is 3.11. The number of nitrogen functional groups attached to an aromatic ring is 1. The number of fused-ring (bicyclic) bond motifs is 2. The number of halogens is 2. The monoisotopic (exact) mass is 586 g/mol. The van der Waals surface area contributed by atoms with Crippen LogP contribution in [0.15, 0.2) is 48.8 Å². The molecular formula is C30H28F2N8O3. The first-order chi connectivity index (χ1) is 20.3. The van der Waals surface area contributed by atoms with Crippen molar-refractivity contribution in [2.45, 2.75) is 46.2 Å². The number of hydrogen-bond acceptors (Lipinski definition) is 7. The summed E-state index contributed by atoms with van der Waals surface area (Å²) < 4.78 is 32.1. The summed E-state index contributed by atoms with van der Waals surface area (Å²) in [5.41, 5.74) is 6.45. The zero-order valence-electron chi connectivity index (χ0n) is 23.8. The Morgan fingerprint density at radius 1 is 1.19 bits per heavy atom. The Morgan fingerprint density at radius 3 is 2.70 bits per heavy atom. The molecule has 4 heterocycles. The Bertz CT molecular complexity index is 1960. The standard InChI is InChI=1S/C30H28F2N8O3/c1-15-6-5-7-16(22(15)32)12-40-20-10-18(31)8-9-19(20)23(38-40)26-35-24(33)21-25(36-26)37-27(41)30(21,4)17-11-34-39(13-17)14-29(2,3)28(42)43/h5-11,13H,12,14H2,1-4H3,(H,42,43)(H3,33,35,36,37,41). The van der Waals surface area contributed by atoms with Crippen LogP contribution < -0.4 is 11.1 Å². The quantitative estimate of drug-likeness (QED) is 0.255. The molecule has 0 fully saturated rings. The van der Waals surface area contributed by atoms with Crippen molar-refractivity contribution in [1.29, 1.82) is 0 Å². The molecule has 6 rings (SSSR count). The first-order valence-corrected chi connectivity index (χ1v) is 13.5. The number of aromatic nitrogens is 6. The number of amides is 1. The molecule has 5 aromatic rings. The molecule has 1 amide bonds. The molecule has 1 unspecified atom stereocenters. The van der Waals surface area contributed by atoms with E-state index in [2.05, 4.69) is 25.5 Å². The van der Waals surface area contributed by atoms with E-state index in [9.17, 15) is 23.5 Å². The van der Waals surface area contributed by atoms with Crippen LogP contribution in [0.1, 0.15) is 43.0 Å². The van der Waals surface area contributed by atoms with Crippen LogP contribution >= 0.6 is 0 Å². The highest BCUT2D eigenvalue weighted by molar-refractivity contribution is 6.09. The van der Waals surface area contributed by atoms with Gasteiger partial charge in [-0.1, -0.05) is 18.2 Å². The molecule has 1 aliphatic heterocycles. The van der Waals surface area contributed by atoms with Gasteiger partial charge in [0.2, 0.25) is 5.91 Å². The Balaban J connectivity index is 1.42. The van der Waals surface area contributed by atoms with Crippen molar-refractivity contribution in [2.75, 3.05) is 11.1 Å². The van der Waals surface area contributed by atoms with Gasteiger partial charge in [0, 0.05) is 22.7 Å². The van der Waals surface area contributed by atoms with Crippen LogP contribution in [0.2, 0.25) is 0 Å². The van der Waals surface area contributed by atoms with Crippen LogP contribution in [0.25, 0.3) is 22.4 Å². The first-order valence-electron chi connectivity index (χ1n) is 13.5. The summed E-state index contributed by atoms with van der Waals surface area (Å²) in [5, 5.41) is 21.7. The number of nitrogens with one attached hydrogen (secondary N) is 1. The van der Waals surface area contributed by atoms with E-state index in [0.717, 1.165) is 0 Å². The van der Waals surface area contributed by atoms with Crippen molar-refractivity contribution in [3.63, 3.8) is 0 Å². The van der Waals surface area contributed by atoms with Gasteiger partial charge >= 0.3 is 5.97 Å². The maximum absolute atomic E-state index is 14.8. The normalized spacial score (nSPS) is 16.5. The highest BCUT2D eigenvalue weighted by Gasteiger charge is 2.48. The maximum Gasteiger partial charge on any atom is 0.310 e. The van der Waals surface area contributed by atoms with Crippen LogP contribution in [0.3, 0.4) is 0 Å². The van der Waals surface area contributed by atoms with Crippen LogP contribution in [0.4, 0.5) is 20.4 Å². The number of nitrogens with zero attached hydrogens (tertiary/aromatic N) is 6. The van der Waals surface area contributed by atoms with E-state index in [1.54, 1.807) is 58.2 Å². The molecule has 0 bridgehead atoms. The average Bonchev–Trinajstić information content (AvgIpc) is 3.61. The van der Waals surface area contributed by atoms with E-state index >= 15 is 0 Å². The Hall–Kier alpha value is -5.20. The van der Waals surface area contributed by atoms with Crippen molar-refractivity contribution >= 4 is 34.4 Å². The van der Waals surface area contributed by atoms with Gasteiger partial charge in [-0.15, -0.1) is 0 Å². The molecular weight excluding hydrogens is 558 g/mol. The number of carbonyl (C=O) groups excluding carboxylic acids is 1. The molecule has 220 valence electrons. The maximum atomic E-state index is 14.8. The van der Waals surface area contributed by atoms with Crippen molar-refractivity contribution in [2.24, 2.45) is 5.41 Å². The highest BCUT2D eigenvalue weighted by Crippen LogP contribution is 2.45. The lowest BCUT2D eigenvalue weighted by atomic mass is 9.79. The molecule has 3 aromatic heterocycles. The number of rotatable bonds is 7. The Morgan fingerprint density at radius 2 is 1.95 bits per heavy atom. The van der Waals surface area contributed by atoms with Crippen LogP contribution in [0.5, 0.6) is 0 Å². The molecule has 1 atom stereocenters. The lowest BCUT2D eigenvalue weighted by Gasteiger charge is -2.22. The fourth-order valence-electron chi connectivity index (χ4n) is 5.39. The van der Waals surface area contributed by atoms with Gasteiger partial charge in [-0.25, -0.2) is 18.7 Å². The highest BCUT2D eigenvalue weighted by atomic mass is 19.1. The molecule has 0 spiro atoms.